The van der Waals surface area contributed by atoms with Gasteiger partial charge in [-0.15, -0.1) is 0 Å². The van der Waals surface area contributed by atoms with Crippen LogP contribution in [0.1, 0.15) is 21.6 Å². The lowest BCUT2D eigenvalue weighted by atomic mass is 10.2. The molecule has 3 aromatic rings. The standard InChI is InChI=1S/C23H24ClFN4O2/c1-16-21(22(24)29(26-16)15-17-3-5-18(25)6-4-17)23(30)28-13-11-27(12-14-28)19-7-9-20(31-2)10-8-19/h3-10H,11-15H2,1-2H3. The summed E-state index contributed by atoms with van der Waals surface area (Å²) in [5.41, 5.74) is 2.99. The van der Waals surface area contributed by atoms with Crippen LogP contribution in [0.5, 0.6) is 5.75 Å². The van der Waals surface area contributed by atoms with Crippen LogP contribution in [0.3, 0.4) is 0 Å². The normalized spacial score (nSPS) is 14.1. The summed E-state index contributed by atoms with van der Waals surface area (Å²) in [5, 5.41) is 4.75. The number of amides is 1. The SMILES string of the molecule is COc1ccc(N2CCN(C(=O)c3c(C)nn(Cc4ccc(F)cc4)c3Cl)CC2)cc1. The molecule has 1 saturated heterocycles. The number of aromatic nitrogens is 2. The molecule has 0 N–H and O–H groups in total. The van der Waals surface area contributed by atoms with E-state index in [1.165, 1.54) is 12.1 Å². The Hall–Kier alpha value is -3.06. The molecule has 0 bridgehead atoms. The average Bonchev–Trinajstić information content (AvgIpc) is 3.07. The van der Waals surface area contributed by atoms with Gasteiger partial charge in [0.15, 0.2) is 0 Å². The molecule has 2 heterocycles. The summed E-state index contributed by atoms with van der Waals surface area (Å²) in [7, 11) is 1.65. The van der Waals surface area contributed by atoms with Crippen LogP contribution in [0.4, 0.5) is 10.1 Å². The molecule has 0 spiro atoms. The van der Waals surface area contributed by atoms with Crippen molar-refractivity contribution in [2.75, 3.05) is 38.2 Å². The zero-order valence-corrected chi connectivity index (χ0v) is 18.3. The van der Waals surface area contributed by atoms with Crippen molar-refractivity contribution in [1.29, 1.82) is 0 Å². The Labute approximate surface area is 185 Å². The molecule has 162 valence electrons. The van der Waals surface area contributed by atoms with E-state index in [0.717, 1.165) is 30.1 Å². The van der Waals surface area contributed by atoms with Gasteiger partial charge in [-0.05, 0) is 48.9 Å². The molecular formula is C23H24ClFN4O2. The average molecular weight is 443 g/mol. The molecule has 1 aromatic heterocycles. The minimum absolute atomic E-state index is 0.109. The Bertz CT molecular complexity index is 1060. The number of hydrogen-bond donors (Lipinski definition) is 0. The van der Waals surface area contributed by atoms with Gasteiger partial charge < -0.3 is 14.5 Å². The van der Waals surface area contributed by atoms with Crippen molar-refractivity contribution in [2.45, 2.75) is 13.5 Å². The summed E-state index contributed by atoms with van der Waals surface area (Å²) in [4.78, 5) is 17.2. The molecule has 0 aliphatic carbocycles. The number of benzene rings is 2. The summed E-state index contributed by atoms with van der Waals surface area (Å²) >= 11 is 6.53. The smallest absolute Gasteiger partial charge is 0.259 e. The lowest BCUT2D eigenvalue weighted by Crippen LogP contribution is -2.49. The van der Waals surface area contributed by atoms with Crippen LogP contribution in [0, 0.1) is 12.7 Å². The van der Waals surface area contributed by atoms with Crippen LogP contribution >= 0.6 is 11.6 Å². The van der Waals surface area contributed by atoms with E-state index >= 15 is 0 Å². The third kappa shape index (κ3) is 4.51. The fourth-order valence-corrected chi connectivity index (χ4v) is 4.10. The van der Waals surface area contributed by atoms with Gasteiger partial charge in [0.25, 0.3) is 5.91 Å². The van der Waals surface area contributed by atoms with Crippen molar-refractivity contribution >= 4 is 23.2 Å². The van der Waals surface area contributed by atoms with Crippen molar-refractivity contribution in [3.63, 3.8) is 0 Å². The summed E-state index contributed by atoms with van der Waals surface area (Å²) < 4.78 is 19.9. The van der Waals surface area contributed by atoms with Crippen LogP contribution in [-0.2, 0) is 6.54 Å². The molecule has 1 fully saturated rings. The highest BCUT2D eigenvalue weighted by Gasteiger charge is 2.28. The Balaban J connectivity index is 1.43. The quantitative estimate of drug-likeness (QED) is 0.599. The first-order chi connectivity index (χ1) is 15.0. The zero-order chi connectivity index (χ0) is 22.0. The number of halogens is 2. The van der Waals surface area contributed by atoms with E-state index in [1.807, 2.05) is 29.2 Å². The minimum Gasteiger partial charge on any atom is -0.497 e. The van der Waals surface area contributed by atoms with Crippen molar-refractivity contribution in [3.05, 3.63) is 76.3 Å². The molecule has 2 aromatic carbocycles. The largest absolute Gasteiger partial charge is 0.497 e. The van der Waals surface area contributed by atoms with E-state index in [1.54, 1.807) is 30.8 Å². The molecule has 1 aliphatic rings. The molecule has 4 rings (SSSR count). The van der Waals surface area contributed by atoms with Gasteiger partial charge in [-0.25, -0.2) is 9.07 Å². The molecule has 1 amide bonds. The van der Waals surface area contributed by atoms with E-state index in [-0.39, 0.29) is 11.7 Å². The fourth-order valence-electron chi connectivity index (χ4n) is 3.78. The molecule has 0 radical (unpaired) electrons. The molecule has 0 unspecified atom stereocenters. The number of nitrogens with zero attached hydrogens (tertiary/aromatic N) is 4. The zero-order valence-electron chi connectivity index (χ0n) is 17.5. The molecule has 6 nitrogen and oxygen atoms in total. The maximum absolute atomic E-state index is 13.2. The van der Waals surface area contributed by atoms with Gasteiger partial charge in [0.2, 0.25) is 0 Å². The second-order valence-corrected chi connectivity index (χ2v) is 7.87. The van der Waals surface area contributed by atoms with E-state index in [4.69, 9.17) is 16.3 Å². The number of anilines is 1. The van der Waals surface area contributed by atoms with Crippen LogP contribution in [0.2, 0.25) is 5.15 Å². The number of piperazine rings is 1. The van der Waals surface area contributed by atoms with Crippen LogP contribution in [0.25, 0.3) is 0 Å². The number of rotatable bonds is 5. The predicted octanol–water partition coefficient (Wildman–Crippen LogP) is 4.00. The second kappa shape index (κ2) is 8.98. The number of carbonyl (C=O) groups excluding carboxylic acids is 1. The summed E-state index contributed by atoms with van der Waals surface area (Å²) in [6.45, 7) is 4.83. The van der Waals surface area contributed by atoms with Crippen molar-refractivity contribution in [1.82, 2.24) is 14.7 Å². The van der Waals surface area contributed by atoms with Crippen LogP contribution in [-0.4, -0.2) is 53.9 Å². The number of hydrogen-bond acceptors (Lipinski definition) is 4. The summed E-state index contributed by atoms with van der Waals surface area (Å²) in [6.07, 6.45) is 0. The number of aryl methyl sites for hydroxylation is 1. The van der Waals surface area contributed by atoms with E-state index in [0.29, 0.717) is 36.0 Å². The van der Waals surface area contributed by atoms with Crippen molar-refractivity contribution < 1.29 is 13.9 Å². The Morgan fingerprint density at radius 2 is 1.71 bits per heavy atom. The number of methoxy groups -OCH3 is 1. The molecule has 0 saturated carbocycles. The van der Waals surface area contributed by atoms with Gasteiger partial charge in [-0.3, -0.25) is 4.79 Å². The van der Waals surface area contributed by atoms with Gasteiger partial charge in [-0.2, -0.15) is 5.10 Å². The highest BCUT2D eigenvalue weighted by molar-refractivity contribution is 6.33. The number of carbonyl (C=O) groups is 1. The molecule has 0 atom stereocenters. The third-order valence-electron chi connectivity index (χ3n) is 5.53. The monoisotopic (exact) mass is 442 g/mol. The van der Waals surface area contributed by atoms with Crippen molar-refractivity contribution in [2.24, 2.45) is 0 Å². The van der Waals surface area contributed by atoms with Crippen LogP contribution in [0.15, 0.2) is 48.5 Å². The lowest BCUT2D eigenvalue weighted by Gasteiger charge is -2.36. The highest BCUT2D eigenvalue weighted by atomic mass is 35.5. The Kier molecular flexibility index (Phi) is 6.13. The highest BCUT2D eigenvalue weighted by Crippen LogP contribution is 2.25. The maximum Gasteiger partial charge on any atom is 0.259 e. The number of ether oxygens (including phenoxy) is 1. The Morgan fingerprint density at radius 3 is 2.32 bits per heavy atom. The van der Waals surface area contributed by atoms with E-state index in [9.17, 15) is 9.18 Å². The first-order valence-corrected chi connectivity index (χ1v) is 10.5. The topological polar surface area (TPSA) is 50.6 Å². The van der Waals surface area contributed by atoms with E-state index in [2.05, 4.69) is 10.00 Å². The fraction of sp³-hybridized carbons (Fsp3) is 0.304. The first-order valence-electron chi connectivity index (χ1n) is 10.1. The van der Waals surface area contributed by atoms with Gasteiger partial charge in [0.05, 0.1) is 24.9 Å². The molecule has 31 heavy (non-hydrogen) atoms. The molecule has 1 aliphatic heterocycles. The maximum atomic E-state index is 13.2. The first kappa shape index (κ1) is 21.2. The lowest BCUT2D eigenvalue weighted by molar-refractivity contribution is 0.0746. The summed E-state index contributed by atoms with van der Waals surface area (Å²) in [5.74, 6) is 0.415. The minimum atomic E-state index is -0.295. The summed E-state index contributed by atoms with van der Waals surface area (Å²) in [6, 6.07) is 14.1. The van der Waals surface area contributed by atoms with Gasteiger partial charge in [-0.1, -0.05) is 23.7 Å². The Morgan fingerprint density at radius 1 is 1.06 bits per heavy atom. The van der Waals surface area contributed by atoms with Gasteiger partial charge in [0, 0.05) is 31.9 Å². The van der Waals surface area contributed by atoms with E-state index < -0.39 is 0 Å². The second-order valence-electron chi connectivity index (χ2n) is 7.51. The van der Waals surface area contributed by atoms with Gasteiger partial charge in [0.1, 0.15) is 16.7 Å². The van der Waals surface area contributed by atoms with Crippen molar-refractivity contribution in [3.8, 4) is 5.75 Å². The third-order valence-corrected chi connectivity index (χ3v) is 5.91. The van der Waals surface area contributed by atoms with Gasteiger partial charge >= 0.3 is 0 Å². The van der Waals surface area contributed by atoms with Crippen LogP contribution < -0.4 is 9.64 Å². The predicted molar refractivity (Wildman–Crippen MR) is 119 cm³/mol. The molecule has 8 heteroatoms. The molecular weight excluding hydrogens is 419 g/mol.